The highest BCUT2D eigenvalue weighted by atomic mass is 16.4. The molecule has 4 nitrogen and oxygen atoms in total. The van der Waals surface area contributed by atoms with Crippen LogP contribution in [0.4, 0.5) is 0 Å². The summed E-state index contributed by atoms with van der Waals surface area (Å²) in [6.07, 6.45) is 3.10. The smallest absolute Gasteiger partial charge is 0.326 e. The minimum absolute atomic E-state index is 0.00218. The summed E-state index contributed by atoms with van der Waals surface area (Å²) in [5, 5.41) is 9.21. The number of amides is 1. The van der Waals surface area contributed by atoms with Crippen molar-refractivity contribution in [3.05, 3.63) is 0 Å². The highest BCUT2D eigenvalue weighted by Gasteiger charge is 2.36. The number of hydrogen-bond acceptors (Lipinski definition) is 2. The van der Waals surface area contributed by atoms with Crippen LogP contribution in [0.2, 0.25) is 0 Å². The van der Waals surface area contributed by atoms with Gasteiger partial charge in [-0.2, -0.15) is 0 Å². The van der Waals surface area contributed by atoms with Crippen molar-refractivity contribution in [2.45, 2.75) is 52.5 Å². The predicted octanol–water partition coefficient (Wildman–Crippen LogP) is 2.13. The first kappa shape index (κ1) is 14.0. The average Bonchev–Trinajstić information content (AvgIpc) is 2.24. The highest BCUT2D eigenvalue weighted by Crippen LogP contribution is 2.24. The number of hydrogen-bond donors (Lipinski definition) is 1. The van der Waals surface area contributed by atoms with E-state index >= 15 is 0 Å². The van der Waals surface area contributed by atoms with E-state index < -0.39 is 12.0 Å². The molecule has 1 amide bonds. The molecule has 1 aliphatic heterocycles. The molecule has 1 aliphatic rings. The SMILES string of the molecule is CC(C)CCC(=O)N1CCCC(C)C1C(=O)O. The molecule has 0 bridgehead atoms. The molecule has 1 heterocycles. The van der Waals surface area contributed by atoms with Crippen LogP contribution in [0.15, 0.2) is 0 Å². The Kier molecular flexibility index (Phi) is 4.97. The maximum Gasteiger partial charge on any atom is 0.326 e. The van der Waals surface area contributed by atoms with Crippen molar-refractivity contribution in [1.29, 1.82) is 0 Å². The molecule has 0 aliphatic carbocycles. The topological polar surface area (TPSA) is 57.6 Å². The van der Waals surface area contributed by atoms with Crippen molar-refractivity contribution in [3.8, 4) is 0 Å². The summed E-state index contributed by atoms with van der Waals surface area (Å²) in [5.41, 5.74) is 0. The summed E-state index contributed by atoms with van der Waals surface area (Å²) >= 11 is 0. The number of piperidine rings is 1. The van der Waals surface area contributed by atoms with E-state index in [1.807, 2.05) is 6.92 Å². The van der Waals surface area contributed by atoms with Crippen molar-refractivity contribution >= 4 is 11.9 Å². The summed E-state index contributed by atoms with van der Waals surface area (Å²) in [6.45, 7) is 6.65. The van der Waals surface area contributed by atoms with E-state index in [1.54, 1.807) is 4.90 Å². The number of rotatable bonds is 4. The van der Waals surface area contributed by atoms with Gasteiger partial charge >= 0.3 is 5.97 Å². The van der Waals surface area contributed by atoms with Gasteiger partial charge in [0.2, 0.25) is 5.91 Å². The fourth-order valence-corrected chi connectivity index (χ4v) is 2.40. The summed E-state index contributed by atoms with van der Waals surface area (Å²) in [5.74, 6) is -0.332. The Balaban J connectivity index is 2.65. The number of carboxylic acid groups (broad SMARTS) is 1. The zero-order valence-electron chi connectivity index (χ0n) is 11.0. The van der Waals surface area contributed by atoms with E-state index in [-0.39, 0.29) is 11.8 Å². The van der Waals surface area contributed by atoms with Gasteiger partial charge < -0.3 is 10.0 Å². The molecule has 1 rings (SSSR count). The molecule has 0 radical (unpaired) electrons. The standard InChI is InChI=1S/C13H23NO3/c1-9(2)6-7-11(15)14-8-4-5-10(3)12(14)13(16)17/h9-10,12H,4-8H2,1-3H3,(H,16,17). The lowest BCUT2D eigenvalue weighted by Gasteiger charge is -2.37. The Morgan fingerprint density at radius 3 is 2.59 bits per heavy atom. The lowest BCUT2D eigenvalue weighted by Crippen LogP contribution is -2.51. The van der Waals surface area contributed by atoms with Gasteiger partial charge in [0.1, 0.15) is 6.04 Å². The van der Waals surface area contributed by atoms with Crippen LogP contribution in [0.1, 0.15) is 46.5 Å². The van der Waals surface area contributed by atoms with Crippen LogP contribution in [-0.4, -0.2) is 34.5 Å². The molecule has 1 N–H and O–H groups in total. The molecule has 2 atom stereocenters. The molecule has 0 aromatic rings. The number of carbonyl (C=O) groups is 2. The summed E-state index contributed by atoms with van der Waals surface area (Å²) in [6, 6.07) is -0.622. The summed E-state index contributed by atoms with van der Waals surface area (Å²) in [4.78, 5) is 24.8. The van der Waals surface area contributed by atoms with Crippen LogP contribution in [0.25, 0.3) is 0 Å². The van der Waals surface area contributed by atoms with E-state index in [9.17, 15) is 14.7 Å². The minimum atomic E-state index is -0.866. The number of carbonyl (C=O) groups excluding carboxylic acids is 1. The lowest BCUT2D eigenvalue weighted by molar-refractivity contribution is -0.154. The van der Waals surface area contributed by atoms with Gasteiger partial charge in [-0.3, -0.25) is 4.79 Å². The zero-order chi connectivity index (χ0) is 13.0. The molecule has 0 aromatic heterocycles. The average molecular weight is 241 g/mol. The van der Waals surface area contributed by atoms with Crippen molar-refractivity contribution in [2.75, 3.05) is 6.54 Å². The molecule has 2 unspecified atom stereocenters. The normalized spacial score (nSPS) is 25.1. The molecule has 98 valence electrons. The molecule has 0 aromatic carbocycles. The second-order valence-corrected chi connectivity index (χ2v) is 5.42. The summed E-state index contributed by atoms with van der Waals surface area (Å²) < 4.78 is 0. The minimum Gasteiger partial charge on any atom is -0.480 e. The van der Waals surface area contributed by atoms with Crippen molar-refractivity contribution in [3.63, 3.8) is 0 Å². The Hall–Kier alpha value is -1.06. The second kappa shape index (κ2) is 6.03. The maximum absolute atomic E-state index is 12.0. The molecular weight excluding hydrogens is 218 g/mol. The van der Waals surface area contributed by atoms with E-state index in [1.165, 1.54) is 0 Å². The van der Waals surface area contributed by atoms with Crippen LogP contribution < -0.4 is 0 Å². The van der Waals surface area contributed by atoms with Gasteiger partial charge in [-0.15, -0.1) is 0 Å². The first-order chi connectivity index (χ1) is 7.93. The first-order valence-electron chi connectivity index (χ1n) is 6.45. The Morgan fingerprint density at radius 2 is 2.06 bits per heavy atom. The number of carboxylic acids is 1. The first-order valence-corrected chi connectivity index (χ1v) is 6.45. The maximum atomic E-state index is 12.0. The van der Waals surface area contributed by atoms with Crippen LogP contribution in [0.5, 0.6) is 0 Å². The monoisotopic (exact) mass is 241 g/mol. The molecule has 1 fully saturated rings. The molecule has 0 saturated carbocycles. The number of aliphatic carboxylic acids is 1. The second-order valence-electron chi connectivity index (χ2n) is 5.42. The van der Waals surface area contributed by atoms with Crippen molar-refractivity contribution in [1.82, 2.24) is 4.90 Å². The van der Waals surface area contributed by atoms with Gasteiger partial charge in [0.05, 0.1) is 0 Å². The fourth-order valence-electron chi connectivity index (χ4n) is 2.40. The van der Waals surface area contributed by atoms with Crippen LogP contribution in [0, 0.1) is 11.8 Å². The van der Waals surface area contributed by atoms with Gasteiger partial charge in [-0.1, -0.05) is 20.8 Å². The fraction of sp³-hybridized carbons (Fsp3) is 0.846. The van der Waals surface area contributed by atoms with E-state index in [0.29, 0.717) is 18.9 Å². The van der Waals surface area contributed by atoms with Crippen LogP contribution in [0.3, 0.4) is 0 Å². The summed E-state index contributed by atoms with van der Waals surface area (Å²) in [7, 11) is 0. The van der Waals surface area contributed by atoms with Gasteiger partial charge in [0, 0.05) is 13.0 Å². The molecule has 1 saturated heterocycles. The third-order valence-electron chi connectivity index (χ3n) is 3.44. The van der Waals surface area contributed by atoms with Crippen LogP contribution >= 0.6 is 0 Å². The van der Waals surface area contributed by atoms with E-state index in [0.717, 1.165) is 19.3 Å². The third kappa shape index (κ3) is 3.72. The number of likely N-dealkylation sites (tertiary alicyclic amines) is 1. The van der Waals surface area contributed by atoms with Gasteiger partial charge in [-0.05, 0) is 31.1 Å². The molecule has 4 heteroatoms. The third-order valence-corrected chi connectivity index (χ3v) is 3.44. The van der Waals surface area contributed by atoms with Crippen LogP contribution in [-0.2, 0) is 9.59 Å². The van der Waals surface area contributed by atoms with Gasteiger partial charge in [0.25, 0.3) is 0 Å². The predicted molar refractivity (Wildman–Crippen MR) is 65.6 cm³/mol. The molecule has 17 heavy (non-hydrogen) atoms. The number of nitrogens with zero attached hydrogens (tertiary/aromatic N) is 1. The van der Waals surface area contributed by atoms with Crippen molar-refractivity contribution in [2.24, 2.45) is 11.8 Å². The van der Waals surface area contributed by atoms with Gasteiger partial charge in [-0.25, -0.2) is 4.79 Å². The lowest BCUT2D eigenvalue weighted by atomic mass is 9.90. The largest absolute Gasteiger partial charge is 0.480 e. The van der Waals surface area contributed by atoms with Crippen molar-refractivity contribution < 1.29 is 14.7 Å². The van der Waals surface area contributed by atoms with E-state index in [4.69, 9.17) is 0 Å². The Bertz CT molecular complexity index is 288. The van der Waals surface area contributed by atoms with Gasteiger partial charge in [0.15, 0.2) is 0 Å². The molecular formula is C13H23NO3. The highest BCUT2D eigenvalue weighted by molar-refractivity contribution is 5.84. The molecule has 0 spiro atoms. The van der Waals surface area contributed by atoms with E-state index in [2.05, 4.69) is 13.8 Å². The Morgan fingerprint density at radius 1 is 1.41 bits per heavy atom. The zero-order valence-corrected chi connectivity index (χ0v) is 11.0. The Labute approximate surface area is 103 Å². The quantitative estimate of drug-likeness (QED) is 0.820.